The van der Waals surface area contributed by atoms with Crippen molar-refractivity contribution in [1.82, 2.24) is 0 Å². The van der Waals surface area contributed by atoms with Gasteiger partial charge in [-0.2, -0.15) is 5.26 Å². The van der Waals surface area contributed by atoms with Crippen molar-refractivity contribution >= 4 is 11.8 Å². The topological polar surface area (TPSA) is 33.0 Å². The van der Waals surface area contributed by atoms with Gasteiger partial charge in [-0.1, -0.05) is 19.9 Å². The molecule has 0 heterocycles. The minimum Gasteiger partial charge on any atom is -0.489 e. The molecule has 3 heteroatoms. The van der Waals surface area contributed by atoms with E-state index in [9.17, 15) is 5.26 Å². The average molecular weight is 249 g/mol. The Hall–Kier alpha value is -1.14. The molecule has 0 aliphatic heterocycles. The van der Waals surface area contributed by atoms with Crippen LogP contribution in [-0.2, 0) is 0 Å². The molecule has 1 aromatic carbocycles. The van der Waals surface area contributed by atoms with Crippen LogP contribution in [0.4, 0.5) is 0 Å². The lowest BCUT2D eigenvalue weighted by molar-refractivity contribution is 0.192. The van der Waals surface area contributed by atoms with E-state index in [-0.39, 0.29) is 6.10 Å². The van der Waals surface area contributed by atoms with E-state index in [2.05, 4.69) is 19.9 Å². The van der Waals surface area contributed by atoms with Crippen molar-refractivity contribution in [3.63, 3.8) is 0 Å². The Bertz CT molecular complexity index is 409. The highest BCUT2D eigenvalue weighted by Crippen LogP contribution is 2.29. The maximum absolute atomic E-state index is 9.18. The third-order valence-corrected chi connectivity index (χ3v) is 3.23. The second-order valence-corrected chi connectivity index (χ2v) is 5.35. The minimum absolute atomic E-state index is 0.138. The standard InChI is InChI=1S/C14H19NOS/c1-10(2)8-11(3)16-13-6-5-7-14(17-4)12(13)9-15/h5-7,10-11H,8H2,1-4H3. The first kappa shape index (κ1) is 13.9. The second kappa shape index (κ2) is 6.56. The molecule has 1 rings (SSSR count). The fourth-order valence-corrected chi connectivity index (χ4v) is 2.38. The molecule has 2 nitrogen and oxygen atoms in total. The zero-order valence-electron chi connectivity index (χ0n) is 10.9. The predicted octanol–water partition coefficient (Wildman–Crippen LogP) is 4.09. The van der Waals surface area contributed by atoms with Crippen LogP contribution in [0.5, 0.6) is 5.75 Å². The summed E-state index contributed by atoms with van der Waals surface area (Å²) in [5.74, 6) is 1.30. The molecule has 0 amide bonds. The molecule has 0 radical (unpaired) electrons. The molecule has 0 N–H and O–H groups in total. The highest BCUT2D eigenvalue weighted by Gasteiger charge is 2.12. The van der Waals surface area contributed by atoms with Crippen molar-refractivity contribution in [1.29, 1.82) is 5.26 Å². The molecule has 1 aromatic rings. The summed E-state index contributed by atoms with van der Waals surface area (Å²) in [6.45, 7) is 6.39. The van der Waals surface area contributed by atoms with Crippen LogP contribution in [0.2, 0.25) is 0 Å². The molecule has 0 saturated heterocycles. The van der Waals surface area contributed by atoms with E-state index in [0.29, 0.717) is 17.2 Å². The molecule has 17 heavy (non-hydrogen) atoms. The van der Waals surface area contributed by atoms with Gasteiger partial charge in [0.2, 0.25) is 0 Å². The molecule has 1 atom stereocenters. The number of thioether (sulfide) groups is 1. The lowest BCUT2D eigenvalue weighted by Gasteiger charge is -2.18. The number of hydrogen-bond acceptors (Lipinski definition) is 3. The van der Waals surface area contributed by atoms with Crippen LogP contribution >= 0.6 is 11.8 Å². The van der Waals surface area contributed by atoms with Gasteiger partial charge in [0.25, 0.3) is 0 Å². The van der Waals surface area contributed by atoms with Gasteiger partial charge in [-0.05, 0) is 37.7 Å². The van der Waals surface area contributed by atoms with Crippen molar-refractivity contribution in [3.05, 3.63) is 23.8 Å². The summed E-state index contributed by atoms with van der Waals surface area (Å²) in [7, 11) is 0. The third-order valence-electron chi connectivity index (χ3n) is 2.45. The van der Waals surface area contributed by atoms with Gasteiger partial charge in [-0.15, -0.1) is 11.8 Å². The minimum atomic E-state index is 0.138. The van der Waals surface area contributed by atoms with E-state index in [4.69, 9.17) is 4.74 Å². The molecule has 1 unspecified atom stereocenters. The van der Waals surface area contributed by atoms with Crippen LogP contribution in [0.3, 0.4) is 0 Å². The lowest BCUT2D eigenvalue weighted by atomic mass is 10.1. The first-order chi connectivity index (χ1) is 8.08. The SMILES string of the molecule is CSc1cccc(OC(C)CC(C)C)c1C#N. The van der Waals surface area contributed by atoms with Gasteiger partial charge >= 0.3 is 0 Å². The van der Waals surface area contributed by atoms with E-state index in [0.717, 1.165) is 11.3 Å². The van der Waals surface area contributed by atoms with Gasteiger partial charge in [-0.3, -0.25) is 0 Å². The van der Waals surface area contributed by atoms with E-state index >= 15 is 0 Å². The molecule has 0 aliphatic carbocycles. The summed E-state index contributed by atoms with van der Waals surface area (Å²) < 4.78 is 5.85. The molecule has 0 aromatic heterocycles. The molecule has 0 spiro atoms. The maximum Gasteiger partial charge on any atom is 0.138 e. The van der Waals surface area contributed by atoms with Crippen LogP contribution in [-0.4, -0.2) is 12.4 Å². The van der Waals surface area contributed by atoms with E-state index in [1.165, 1.54) is 0 Å². The number of hydrogen-bond donors (Lipinski definition) is 0. The van der Waals surface area contributed by atoms with E-state index in [1.807, 2.05) is 31.4 Å². The van der Waals surface area contributed by atoms with Crippen LogP contribution in [0.25, 0.3) is 0 Å². The van der Waals surface area contributed by atoms with Crippen molar-refractivity contribution in [2.24, 2.45) is 5.92 Å². The molecule has 92 valence electrons. The zero-order valence-corrected chi connectivity index (χ0v) is 11.7. The summed E-state index contributed by atoms with van der Waals surface area (Å²) >= 11 is 1.57. The van der Waals surface area contributed by atoms with Gasteiger partial charge in [0.1, 0.15) is 17.4 Å². The first-order valence-electron chi connectivity index (χ1n) is 5.82. The number of benzene rings is 1. The van der Waals surface area contributed by atoms with Crippen LogP contribution in [0, 0.1) is 17.2 Å². The fraction of sp³-hybridized carbons (Fsp3) is 0.500. The predicted molar refractivity (Wildman–Crippen MR) is 72.5 cm³/mol. The van der Waals surface area contributed by atoms with E-state index in [1.54, 1.807) is 11.8 Å². The smallest absolute Gasteiger partial charge is 0.138 e. The summed E-state index contributed by atoms with van der Waals surface area (Å²) in [6, 6.07) is 7.98. The average Bonchev–Trinajstić information content (AvgIpc) is 2.27. The van der Waals surface area contributed by atoms with Crippen LogP contribution in [0.1, 0.15) is 32.8 Å². The Balaban J connectivity index is 2.88. The normalized spacial score (nSPS) is 12.2. The van der Waals surface area contributed by atoms with E-state index < -0.39 is 0 Å². The van der Waals surface area contributed by atoms with Crippen molar-refractivity contribution in [2.75, 3.05) is 6.26 Å². The van der Waals surface area contributed by atoms with Crippen LogP contribution in [0.15, 0.2) is 23.1 Å². The van der Waals surface area contributed by atoms with Gasteiger partial charge in [0.05, 0.1) is 6.10 Å². The Morgan fingerprint density at radius 3 is 2.59 bits per heavy atom. The highest BCUT2D eigenvalue weighted by molar-refractivity contribution is 7.98. The lowest BCUT2D eigenvalue weighted by Crippen LogP contribution is -2.15. The Morgan fingerprint density at radius 2 is 2.06 bits per heavy atom. The second-order valence-electron chi connectivity index (χ2n) is 4.50. The Labute approximate surface area is 108 Å². The highest BCUT2D eigenvalue weighted by atomic mass is 32.2. The molecule has 0 fully saturated rings. The maximum atomic E-state index is 9.18. The number of nitrogens with zero attached hydrogens (tertiary/aromatic N) is 1. The van der Waals surface area contributed by atoms with Crippen molar-refractivity contribution in [2.45, 2.75) is 38.2 Å². The van der Waals surface area contributed by atoms with Gasteiger partial charge in [0.15, 0.2) is 0 Å². The molecule has 0 saturated carbocycles. The summed E-state index contributed by atoms with van der Waals surface area (Å²) in [6.07, 6.45) is 3.10. The molecule has 0 bridgehead atoms. The first-order valence-corrected chi connectivity index (χ1v) is 7.04. The number of nitriles is 1. The zero-order chi connectivity index (χ0) is 12.8. The Kier molecular flexibility index (Phi) is 5.37. The van der Waals surface area contributed by atoms with Gasteiger partial charge < -0.3 is 4.74 Å². The monoisotopic (exact) mass is 249 g/mol. The van der Waals surface area contributed by atoms with Gasteiger partial charge in [-0.25, -0.2) is 0 Å². The van der Waals surface area contributed by atoms with Crippen molar-refractivity contribution in [3.8, 4) is 11.8 Å². The number of ether oxygens (including phenoxy) is 1. The number of rotatable bonds is 5. The largest absolute Gasteiger partial charge is 0.489 e. The quantitative estimate of drug-likeness (QED) is 0.737. The summed E-state index contributed by atoms with van der Waals surface area (Å²) in [5.41, 5.74) is 0.649. The Morgan fingerprint density at radius 1 is 1.35 bits per heavy atom. The third kappa shape index (κ3) is 3.98. The van der Waals surface area contributed by atoms with Crippen molar-refractivity contribution < 1.29 is 4.74 Å². The molecular weight excluding hydrogens is 230 g/mol. The summed E-state index contributed by atoms with van der Waals surface area (Å²) in [5, 5.41) is 9.18. The van der Waals surface area contributed by atoms with Crippen LogP contribution < -0.4 is 4.74 Å². The summed E-state index contributed by atoms with van der Waals surface area (Å²) in [4.78, 5) is 0.974. The van der Waals surface area contributed by atoms with Gasteiger partial charge in [0, 0.05) is 4.90 Å². The molecule has 0 aliphatic rings. The molecular formula is C14H19NOS. The fourth-order valence-electron chi connectivity index (χ4n) is 1.82.